The predicted octanol–water partition coefficient (Wildman–Crippen LogP) is 3.84. The van der Waals surface area contributed by atoms with E-state index < -0.39 is 18.1 Å². The number of urea groups is 1. The summed E-state index contributed by atoms with van der Waals surface area (Å²) in [5.74, 6) is 1.16. The Morgan fingerprint density at radius 2 is 1.77 bits per heavy atom. The van der Waals surface area contributed by atoms with Crippen LogP contribution in [0.25, 0.3) is 11.4 Å². The number of carbonyl (C=O) groups excluding carboxylic acids is 3. The molecule has 1 saturated carbocycles. The molecule has 2 saturated heterocycles. The lowest BCUT2D eigenvalue weighted by atomic mass is 9.84. The number of rotatable bonds is 7. The number of amides is 4. The molecule has 4 amide bonds. The van der Waals surface area contributed by atoms with Gasteiger partial charge in [-0.1, -0.05) is 44.2 Å². The second kappa shape index (κ2) is 12.3. The zero-order chi connectivity index (χ0) is 29.9. The highest BCUT2D eigenvalue weighted by Crippen LogP contribution is 2.34. The fraction of sp³-hybridized carbons (Fsp3) is 0.452. The number of aromatic nitrogens is 4. The van der Waals surface area contributed by atoms with Crippen LogP contribution in [0.4, 0.5) is 16.2 Å². The van der Waals surface area contributed by atoms with Crippen LogP contribution in [0.3, 0.4) is 0 Å². The average molecular weight is 584 g/mol. The van der Waals surface area contributed by atoms with Gasteiger partial charge in [-0.3, -0.25) is 19.5 Å². The lowest BCUT2D eigenvalue weighted by molar-refractivity contribution is -0.132. The van der Waals surface area contributed by atoms with Crippen molar-refractivity contribution in [2.24, 2.45) is 22.7 Å². The largest absolute Gasteiger partial charge is 0.341 e. The number of aromatic amines is 1. The molecular weight excluding hydrogens is 546 g/mol. The molecule has 7 rings (SSSR count). The molecule has 1 aliphatic carbocycles. The predicted molar refractivity (Wildman–Crippen MR) is 162 cm³/mol. The van der Waals surface area contributed by atoms with E-state index in [-0.39, 0.29) is 18.4 Å². The normalized spacial score (nSPS) is 21.6. The Labute approximate surface area is 250 Å². The smallest absolute Gasteiger partial charge is 0.321 e. The summed E-state index contributed by atoms with van der Waals surface area (Å²) in [6, 6.07) is 13.9. The number of hydrogen-bond donors (Lipinski definition) is 3. The molecule has 2 aromatic carbocycles. The van der Waals surface area contributed by atoms with Gasteiger partial charge in [0.1, 0.15) is 6.54 Å². The topological polar surface area (TPSA) is 149 Å². The van der Waals surface area contributed by atoms with Crippen molar-refractivity contribution >= 4 is 34.9 Å². The summed E-state index contributed by atoms with van der Waals surface area (Å²) in [5.41, 5.74) is 3.29. The van der Waals surface area contributed by atoms with Crippen LogP contribution in [0.1, 0.15) is 51.5 Å². The summed E-state index contributed by atoms with van der Waals surface area (Å²) >= 11 is 0. The molecule has 4 aliphatic rings. The molecule has 43 heavy (non-hydrogen) atoms. The molecular formula is C31H37N9O3. The number of hydrogen-bond acceptors (Lipinski definition) is 7. The number of tetrazole rings is 1. The maximum Gasteiger partial charge on any atom is 0.321 e. The first-order chi connectivity index (χ1) is 20.8. The number of carbonyl (C=O) groups is 3. The Morgan fingerprint density at radius 1 is 1.02 bits per heavy atom. The standard InChI is InChI=1S/C31H37N9O3/c1-19(2)14-25-24-8-3-4-9-26(24)40(18-27(41)39-16-20-10-11-21(17-39)13-12-20)30(42)29(33-25)34-31(43)32-23-7-5-6-22(15-23)28-35-37-38-36-28/h3-9,15,19-21,29H,10-14,16-18H2,1-2H3,(H2,32,34,43)(H,35,36,37,38). The van der Waals surface area contributed by atoms with Crippen LogP contribution in [-0.2, 0) is 9.59 Å². The molecule has 3 N–H and O–H groups in total. The molecule has 12 nitrogen and oxygen atoms in total. The molecule has 1 atom stereocenters. The molecule has 4 heterocycles. The summed E-state index contributed by atoms with van der Waals surface area (Å²) in [6.07, 6.45) is 4.02. The summed E-state index contributed by atoms with van der Waals surface area (Å²) in [6.45, 7) is 5.53. The Bertz CT molecular complexity index is 1500. The maximum absolute atomic E-state index is 14.1. The van der Waals surface area contributed by atoms with Crippen LogP contribution in [0.5, 0.6) is 0 Å². The van der Waals surface area contributed by atoms with E-state index in [2.05, 4.69) is 45.1 Å². The Balaban J connectivity index is 1.26. The first kappa shape index (κ1) is 28.5. The van der Waals surface area contributed by atoms with Gasteiger partial charge in [0.05, 0.1) is 5.69 Å². The third-order valence-corrected chi connectivity index (χ3v) is 8.45. The lowest BCUT2D eigenvalue weighted by Crippen LogP contribution is -2.51. The maximum atomic E-state index is 14.1. The first-order valence-electron chi connectivity index (χ1n) is 15.0. The van der Waals surface area contributed by atoms with E-state index in [4.69, 9.17) is 4.99 Å². The highest BCUT2D eigenvalue weighted by molar-refractivity contribution is 6.14. The second-order valence-corrected chi connectivity index (χ2v) is 12.1. The van der Waals surface area contributed by atoms with Crippen LogP contribution >= 0.6 is 0 Å². The van der Waals surface area contributed by atoms with E-state index in [1.54, 1.807) is 24.3 Å². The van der Waals surface area contributed by atoms with E-state index in [1.807, 2.05) is 29.2 Å². The Hall–Kier alpha value is -4.61. The van der Waals surface area contributed by atoms with Crippen LogP contribution in [0.15, 0.2) is 53.5 Å². The van der Waals surface area contributed by atoms with E-state index in [0.29, 0.717) is 46.7 Å². The molecule has 2 bridgehead atoms. The van der Waals surface area contributed by atoms with Crippen molar-refractivity contribution < 1.29 is 14.4 Å². The van der Waals surface area contributed by atoms with Crippen LogP contribution in [0, 0.1) is 17.8 Å². The minimum Gasteiger partial charge on any atom is -0.341 e. The quantitative estimate of drug-likeness (QED) is 0.385. The van der Waals surface area contributed by atoms with Crippen molar-refractivity contribution in [1.82, 2.24) is 30.8 Å². The summed E-state index contributed by atoms with van der Waals surface area (Å²) in [5, 5.41) is 19.5. The molecule has 12 heteroatoms. The van der Waals surface area contributed by atoms with E-state index in [1.165, 1.54) is 4.90 Å². The van der Waals surface area contributed by atoms with E-state index >= 15 is 0 Å². The van der Waals surface area contributed by atoms with Gasteiger partial charge >= 0.3 is 6.03 Å². The molecule has 3 aromatic rings. The number of benzodiazepines with no additional fused rings is 1. The first-order valence-corrected chi connectivity index (χ1v) is 15.0. The van der Waals surface area contributed by atoms with Gasteiger partial charge in [-0.2, -0.15) is 5.21 Å². The molecule has 0 spiro atoms. The average Bonchev–Trinajstić information content (AvgIpc) is 3.33. The molecule has 3 aliphatic heterocycles. The highest BCUT2D eigenvalue weighted by atomic mass is 16.2. The van der Waals surface area contributed by atoms with Crippen molar-refractivity contribution in [2.75, 3.05) is 29.9 Å². The van der Waals surface area contributed by atoms with Gasteiger partial charge in [-0.25, -0.2) is 4.79 Å². The third-order valence-electron chi connectivity index (χ3n) is 8.45. The van der Waals surface area contributed by atoms with Crippen LogP contribution in [0.2, 0.25) is 0 Å². The minimum atomic E-state index is -1.21. The van der Waals surface area contributed by atoms with Gasteiger partial charge in [0, 0.05) is 35.6 Å². The third kappa shape index (κ3) is 6.42. The van der Waals surface area contributed by atoms with Crippen molar-refractivity contribution in [2.45, 2.75) is 52.1 Å². The summed E-state index contributed by atoms with van der Waals surface area (Å²) < 4.78 is 0. The van der Waals surface area contributed by atoms with Crippen molar-refractivity contribution in [3.63, 3.8) is 0 Å². The number of anilines is 2. The molecule has 0 radical (unpaired) electrons. The monoisotopic (exact) mass is 583 g/mol. The molecule has 3 fully saturated rings. The number of aliphatic imine (C=N–C) groups is 1. The van der Waals surface area contributed by atoms with E-state index in [9.17, 15) is 14.4 Å². The molecule has 224 valence electrons. The Morgan fingerprint density at radius 3 is 2.47 bits per heavy atom. The van der Waals surface area contributed by atoms with Gasteiger partial charge in [0.15, 0.2) is 0 Å². The number of H-pyrrole nitrogens is 1. The fourth-order valence-corrected chi connectivity index (χ4v) is 6.35. The highest BCUT2D eigenvalue weighted by Gasteiger charge is 2.37. The number of fused-ring (bicyclic) bond motifs is 5. The Kier molecular flexibility index (Phi) is 8.17. The minimum absolute atomic E-state index is 0.0734. The van der Waals surface area contributed by atoms with Gasteiger partial charge in [0.2, 0.25) is 17.9 Å². The van der Waals surface area contributed by atoms with Gasteiger partial charge in [0.25, 0.3) is 5.91 Å². The summed E-state index contributed by atoms with van der Waals surface area (Å²) in [7, 11) is 0. The van der Waals surface area contributed by atoms with Crippen LogP contribution < -0.4 is 15.5 Å². The number of benzene rings is 2. The van der Waals surface area contributed by atoms with Gasteiger partial charge < -0.3 is 15.5 Å². The summed E-state index contributed by atoms with van der Waals surface area (Å²) in [4.78, 5) is 49.4. The lowest BCUT2D eigenvalue weighted by Gasteiger charge is -2.29. The number of nitrogens with zero attached hydrogens (tertiary/aromatic N) is 6. The van der Waals surface area contributed by atoms with Crippen molar-refractivity contribution in [3.05, 3.63) is 54.1 Å². The second-order valence-electron chi connectivity index (χ2n) is 12.1. The van der Waals surface area contributed by atoms with Crippen LogP contribution in [-0.4, -0.2) is 74.9 Å². The number of nitrogens with one attached hydrogen (secondary N) is 3. The zero-order valence-corrected chi connectivity index (χ0v) is 24.5. The van der Waals surface area contributed by atoms with Crippen molar-refractivity contribution in [3.8, 4) is 11.4 Å². The van der Waals surface area contributed by atoms with Gasteiger partial charge in [-0.05, 0) is 73.3 Å². The SMILES string of the molecule is CC(C)CC1=NC(NC(=O)Nc2cccc(-c3nn[nH]n3)c2)C(=O)N(CC(=O)N2CC3CCC(CC3)C2)c2ccccc21. The molecule has 1 unspecified atom stereocenters. The van der Waals surface area contributed by atoms with Gasteiger partial charge in [-0.15, -0.1) is 10.2 Å². The fourth-order valence-electron chi connectivity index (χ4n) is 6.35. The molecule has 1 aromatic heterocycles. The number of para-hydroxylation sites is 1. The van der Waals surface area contributed by atoms with E-state index in [0.717, 1.165) is 44.3 Å². The zero-order valence-electron chi connectivity index (χ0n) is 24.5. The van der Waals surface area contributed by atoms with Crippen molar-refractivity contribution in [1.29, 1.82) is 0 Å².